The van der Waals surface area contributed by atoms with Gasteiger partial charge in [0.15, 0.2) is 0 Å². The summed E-state index contributed by atoms with van der Waals surface area (Å²) in [4.78, 5) is 9.99. The van der Waals surface area contributed by atoms with Crippen LogP contribution in [0.2, 0.25) is 0 Å². The molecule has 0 aliphatic heterocycles. The molecule has 0 aliphatic carbocycles. The number of sulfonamides is 1. The zero-order valence-corrected chi connectivity index (χ0v) is 10.1. The Bertz CT molecular complexity index is 541. The van der Waals surface area contributed by atoms with Gasteiger partial charge >= 0.3 is 5.97 Å². The van der Waals surface area contributed by atoms with Gasteiger partial charge in [0.25, 0.3) is 0 Å². The molecule has 94 valence electrons. The summed E-state index contributed by atoms with van der Waals surface area (Å²) in [6, 6.07) is 2.58. The van der Waals surface area contributed by atoms with Crippen LogP contribution in [0, 0.1) is 12.7 Å². The van der Waals surface area contributed by atoms with Crippen molar-refractivity contribution in [3.8, 4) is 0 Å². The molecule has 1 aromatic carbocycles. The molecule has 0 spiro atoms. The first-order valence-corrected chi connectivity index (χ1v) is 6.24. The highest BCUT2D eigenvalue weighted by Crippen LogP contribution is 2.17. The number of hydrogen-bond donors (Lipinski definition) is 2. The van der Waals surface area contributed by atoms with Crippen LogP contribution < -0.4 is 4.72 Å². The van der Waals surface area contributed by atoms with E-state index in [4.69, 9.17) is 5.11 Å². The number of aliphatic carboxylic acids is 1. The summed E-state index contributed by atoms with van der Waals surface area (Å²) in [5, 5.41) is 8.60. The molecule has 2 N–H and O–H groups in total. The standard InChI is InChI=1S/C10H12FNO4S/c1-6-4-3-5-8(9(6)11)17(15,16)12-7(2)10(13)14/h3-5,7,12H,1-2H3,(H,13,14). The number of aryl methyl sites for hydroxylation is 1. The molecule has 1 atom stereocenters. The third kappa shape index (κ3) is 3.01. The summed E-state index contributed by atoms with van der Waals surface area (Å²) in [7, 11) is -4.16. The number of nitrogens with one attached hydrogen (secondary N) is 1. The van der Waals surface area contributed by atoms with E-state index in [0.29, 0.717) is 0 Å². The average molecular weight is 261 g/mol. The minimum Gasteiger partial charge on any atom is -0.480 e. The first kappa shape index (κ1) is 13.6. The molecular formula is C10H12FNO4S. The topological polar surface area (TPSA) is 83.5 Å². The maximum absolute atomic E-state index is 13.6. The number of rotatable bonds is 4. The Morgan fingerprint density at radius 2 is 2.06 bits per heavy atom. The maximum Gasteiger partial charge on any atom is 0.321 e. The van der Waals surface area contributed by atoms with E-state index < -0.39 is 32.7 Å². The number of carboxylic acid groups (broad SMARTS) is 1. The highest BCUT2D eigenvalue weighted by Gasteiger charge is 2.24. The molecule has 5 nitrogen and oxygen atoms in total. The van der Waals surface area contributed by atoms with Crippen molar-refractivity contribution in [1.29, 1.82) is 0 Å². The summed E-state index contributed by atoms with van der Waals surface area (Å²) < 4.78 is 38.9. The van der Waals surface area contributed by atoms with Crippen LogP contribution in [-0.2, 0) is 14.8 Å². The monoisotopic (exact) mass is 261 g/mol. The normalized spacial score (nSPS) is 13.4. The van der Waals surface area contributed by atoms with Gasteiger partial charge in [0.2, 0.25) is 10.0 Å². The van der Waals surface area contributed by atoms with Crippen molar-refractivity contribution in [2.75, 3.05) is 0 Å². The van der Waals surface area contributed by atoms with Crippen LogP contribution in [0.4, 0.5) is 4.39 Å². The number of carbonyl (C=O) groups is 1. The largest absolute Gasteiger partial charge is 0.480 e. The van der Waals surface area contributed by atoms with Crippen LogP contribution in [0.15, 0.2) is 23.1 Å². The summed E-state index contributed by atoms with van der Waals surface area (Å²) >= 11 is 0. The number of carboxylic acids is 1. The molecule has 0 fully saturated rings. The van der Waals surface area contributed by atoms with Crippen LogP contribution in [0.25, 0.3) is 0 Å². The second-order valence-corrected chi connectivity index (χ2v) is 5.25. The van der Waals surface area contributed by atoms with E-state index in [9.17, 15) is 17.6 Å². The molecular weight excluding hydrogens is 249 g/mol. The van der Waals surface area contributed by atoms with Gasteiger partial charge in [0.1, 0.15) is 16.8 Å². The highest BCUT2D eigenvalue weighted by molar-refractivity contribution is 7.89. The van der Waals surface area contributed by atoms with Crippen molar-refractivity contribution < 1.29 is 22.7 Å². The summed E-state index contributed by atoms with van der Waals surface area (Å²) in [5.41, 5.74) is 0.177. The summed E-state index contributed by atoms with van der Waals surface area (Å²) in [6.45, 7) is 2.59. The molecule has 0 aromatic heterocycles. The predicted octanol–water partition coefficient (Wildman–Crippen LogP) is 0.886. The van der Waals surface area contributed by atoms with Gasteiger partial charge in [0, 0.05) is 0 Å². The Hall–Kier alpha value is -1.47. The second kappa shape index (κ2) is 4.80. The third-order valence-electron chi connectivity index (χ3n) is 2.15. The van der Waals surface area contributed by atoms with Crippen LogP contribution in [0.5, 0.6) is 0 Å². The quantitative estimate of drug-likeness (QED) is 0.843. The van der Waals surface area contributed by atoms with E-state index in [-0.39, 0.29) is 5.56 Å². The molecule has 0 heterocycles. The Morgan fingerprint density at radius 3 is 2.59 bits per heavy atom. The van der Waals surface area contributed by atoms with Gasteiger partial charge in [-0.25, -0.2) is 12.8 Å². The van der Waals surface area contributed by atoms with Gasteiger partial charge < -0.3 is 5.11 Å². The van der Waals surface area contributed by atoms with E-state index in [1.54, 1.807) is 0 Å². The molecule has 0 saturated carbocycles. The number of halogens is 1. The molecule has 0 bridgehead atoms. The van der Waals surface area contributed by atoms with Crippen molar-refractivity contribution in [3.05, 3.63) is 29.6 Å². The van der Waals surface area contributed by atoms with E-state index in [1.807, 2.05) is 4.72 Å². The molecule has 1 rings (SSSR count). The summed E-state index contributed by atoms with van der Waals surface area (Å²) in [6.07, 6.45) is 0. The highest BCUT2D eigenvalue weighted by atomic mass is 32.2. The lowest BCUT2D eigenvalue weighted by molar-refractivity contribution is -0.138. The van der Waals surface area contributed by atoms with Crippen molar-refractivity contribution in [3.63, 3.8) is 0 Å². The Labute approximate surface area is 98.3 Å². The number of benzene rings is 1. The van der Waals surface area contributed by atoms with Gasteiger partial charge in [-0.05, 0) is 25.5 Å². The molecule has 0 amide bonds. The SMILES string of the molecule is Cc1cccc(S(=O)(=O)NC(C)C(=O)O)c1F. The van der Waals surface area contributed by atoms with Crippen LogP contribution in [-0.4, -0.2) is 25.5 Å². The van der Waals surface area contributed by atoms with Crippen molar-refractivity contribution in [1.82, 2.24) is 4.72 Å². The number of hydrogen-bond acceptors (Lipinski definition) is 3. The van der Waals surface area contributed by atoms with E-state index in [2.05, 4.69) is 0 Å². The zero-order valence-electron chi connectivity index (χ0n) is 9.27. The van der Waals surface area contributed by atoms with Crippen LogP contribution >= 0.6 is 0 Å². The third-order valence-corrected chi connectivity index (χ3v) is 3.71. The minimum absolute atomic E-state index is 0.177. The first-order valence-electron chi connectivity index (χ1n) is 4.76. The summed E-state index contributed by atoms with van der Waals surface area (Å²) in [5.74, 6) is -2.21. The molecule has 0 saturated heterocycles. The minimum atomic E-state index is -4.16. The fourth-order valence-electron chi connectivity index (χ4n) is 1.17. The van der Waals surface area contributed by atoms with E-state index in [0.717, 1.165) is 13.0 Å². The van der Waals surface area contributed by atoms with Gasteiger partial charge in [0.05, 0.1) is 0 Å². The Kier molecular flexibility index (Phi) is 3.84. The van der Waals surface area contributed by atoms with Crippen LogP contribution in [0.1, 0.15) is 12.5 Å². The fraction of sp³-hybridized carbons (Fsp3) is 0.300. The lowest BCUT2D eigenvalue weighted by atomic mass is 10.2. The lowest BCUT2D eigenvalue weighted by Crippen LogP contribution is -2.38. The van der Waals surface area contributed by atoms with Crippen molar-refractivity contribution in [2.45, 2.75) is 24.8 Å². The maximum atomic E-state index is 13.6. The second-order valence-electron chi connectivity index (χ2n) is 3.57. The Balaban J connectivity index is 3.14. The van der Waals surface area contributed by atoms with Crippen LogP contribution in [0.3, 0.4) is 0 Å². The van der Waals surface area contributed by atoms with E-state index in [1.165, 1.54) is 19.1 Å². The van der Waals surface area contributed by atoms with E-state index >= 15 is 0 Å². The molecule has 1 unspecified atom stereocenters. The van der Waals surface area contributed by atoms with Crippen molar-refractivity contribution in [2.24, 2.45) is 0 Å². The first-order chi connectivity index (χ1) is 7.75. The van der Waals surface area contributed by atoms with Gasteiger partial charge in [-0.15, -0.1) is 0 Å². The average Bonchev–Trinajstić information content (AvgIpc) is 2.21. The van der Waals surface area contributed by atoms with Gasteiger partial charge in [-0.3, -0.25) is 4.79 Å². The van der Waals surface area contributed by atoms with Gasteiger partial charge in [-0.1, -0.05) is 12.1 Å². The molecule has 1 aromatic rings. The fourth-order valence-corrected chi connectivity index (χ4v) is 2.52. The smallest absolute Gasteiger partial charge is 0.321 e. The molecule has 0 aliphatic rings. The lowest BCUT2D eigenvalue weighted by Gasteiger charge is -2.11. The zero-order chi connectivity index (χ0) is 13.2. The Morgan fingerprint density at radius 1 is 1.47 bits per heavy atom. The molecule has 7 heteroatoms. The van der Waals surface area contributed by atoms with Crippen molar-refractivity contribution >= 4 is 16.0 Å². The molecule has 17 heavy (non-hydrogen) atoms. The molecule has 0 radical (unpaired) electrons. The van der Waals surface area contributed by atoms with Gasteiger partial charge in [-0.2, -0.15) is 4.72 Å². The predicted molar refractivity (Wildman–Crippen MR) is 58.6 cm³/mol.